The summed E-state index contributed by atoms with van der Waals surface area (Å²) in [5.41, 5.74) is 4.62. The number of hydrogen-bond donors (Lipinski definition) is 2. The van der Waals surface area contributed by atoms with Gasteiger partial charge in [-0.3, -0.25) is 10.5 Å². The van der Waals surface area contributed by atoms with Crippen LogP contribution in [-0.4, -0.2) is 16.6 Å². The summed E-state index contributed by atoms with van der Waals surface area (Å²) < 4.78 is 0. The summed E-state index contributed by atoms with van der Waals surface area (Å²) in [4.78, 5) is 11.3. The Balaban J connectivity index is 2.46. The molecule has 1 aromatic rings. The number of aryl methyl sites for hydroxylation is 1. The van der Waals surface area contributed by atoms with Crippen molar-refractivity contribution >= 4 is 5.78 Å². The zero-order chi connectivity index (χ0) is 10.6. The Morgan fingerprint density at radius 1 is 1.43 bits per heavy atom. The highest BCUT2D eigenvalue weighted by Gasteiger charge is 2.23. The van der Waals surface area contributed by atoms with E-state index in [1.807, 2.05) is 30.3 Å². The zero-order valence-electron chi connectivity index (χ0n) is 8.23. The summed E-state index contributed by atoms with van der Waals surface area (Å²) in [7, 11) is 0. The van der Waals surface area contributed by atoms with Crippen LogP contribution in [-0.2, 0) is 11.2 Å². The van der Waals surface area contributed by atoms with Gasteiger partial charge in [-0.1, -0.05) is 30.3 Å². The molecule has 0 saturated heterocycles. The van der Waals surface area contributed by atoms with Gasteiger partial charge in [-0.2, -0.15) is 0 Å². The van der Waals surface area contributed by atoms with Gasteiger partial charge in [0, 0.05) is 6.42 Å². The van der Waals surface area contributed by atoms with Gasteiger partial charge in [0.15, 0.2) is 11.5 Å². The first-order valence-corrected chi connectivity index (χ1v) is 4.58. The Bertz CT molecular complexity index is 301. The highest BCUT2D eigenvalue weighted by molar-refractivity contribution is 5.85. The van der Waals surface area contributed by atoms with Crippen molar-refractivity contribution in [2.45, 2.75) is 25.5 Å². The van der Waals surface area contributed by atoms with Gasteiger partial charge >= 0.3 is 0 Å². The van der Waals surface area contributed by atoms with E-state index in [9.17, 15) is 9.90 Å². The Hall–Kier alpha value is -1.19. The molecular weight excluding hydrogens is 178 g/mol. The minimum absolute atomic E-state index is 0.271. The van der Waals surface area contributed by atoms with Crippen LogP contribution in [0.25, 0.3) is 0 Å². The zero-order valence-corrected chi connectivity index (χ0v) is 8.23. The number of carbonyl (C=O) groups excluding carboxylic acids is 1. The number of rotatable bonds is 4. The van der Waals surface area contributed by atoms with Crippen LogP contribution in [0.2, 0.25) is 0 Å². The van der Waals surface area contributed by atoms with Crippen molar-refractivity contribution in [2.75, 3.05) is 0 Å². The second kappa shape index (κ2) is 4.35. The fourth-order valence-electron chi connectivity index (χ4n) is 1.16. The predicted octanol–water partition coefficient (Wildman–Crippen LogP) is 0.855. The fourth-order valence-corrected chi connectivity index (χ4v) is 1.16. The Morgan fingerprint density at radius 2 is 2.00 bits per heavy atom. The lowest BCUT2D eigenvalue weighted by Crippen LogP contribution is -2.44. The van der Waals surface area contributed by atoms with E-state index in [1.165, 1.54) is 6.92 Å². The molecule has 0 heterocycles. The molecule has 0 spiro atoms. The lowest BCUT2D eigenvalue weighted by atomic mass is 10.0. The van der Waals surface area contributed by atoms with E-state index in [0.717, 1.165) is 5.56 Å². The molecule has 0 bridgehead atoms. The molecule has 0 aliphatic heterocycles. The van der Waals surface area contributed by atoms with Gasteiger partial charge in [0.05, 0.1) is 0 Å². The highest BCUT2D eigenvalue weighted by Crippen LogP contribution is 2.06. The Kier molecular flexibility index (Phi) is 3.38. The Morgan fingerprint density at radius 3 is 2.50 bits per heavy atom. The van der Waals surface area contributed by atoms with Crippen LogP contribution in [0, 0.1) is 0 Å². The highest BCUT2D eigenvalue weighted by atomic mass is 16.3. The van der Waals surface area contributed by atoms with E-state index in [-0.39, 0.29) is 12.2 Å². The normalized spacial score (nSPS) is 14.8. The molecule has 0 saturated carbocycles. The molecule has 0 amide bonds. The van der Waals surface area contributed by atoms with Crippen molar-refractivity contribution in [1.29, 1.82) is 0 Å². The molecule has 0 aliphatic carbocycles. The van der Waals surface area contributed by atoms with E-state index in [0.29, 0.717) is 6.42 Å². The van der Waals surface area contributed by atoms with Gasteiger partial charge in [0.1, 0.15) is 0 Å². The number of benzene rings is 1. The van der Waals surface area contributed by atoms with Gasteiger partial charge in [0.25, 0.3) is 0 Å². The third-order valence-electron chi connectivity index (χ3n) is 2.05. The first-order chi connectivity index (χ1) is 6.50. The van der Waals surface area contributed by atoms with Gasteiger partial charge in [-0.15, -0.1) is 0 Å². The standard InChI is InChI=1S/C11H15NO2/c1-11(12,14)10(13)8-7-9-5-3-2-4-6-9/h2-6,14H,7-8,12H2,1H3. The molecule has 1 rings (SSSR count). The van der Waals surface area contributed by atoms with Gasteiger partial charge < -0.3 is 5.11 Å². The van der Waals surface area contributed by atoms with Crippen molar-refractivity contribution in [3.05, 3.63) is 35.9 Å². The maximum Gasteiger partial charge on any atom is 0.179 e. The van der Waals surface area contributed by atoms with Crippen LogP contribution < -0.4 is 5.73 Å². The predicted molar refractivity (Wildman–Crippen MR) is 54.6 cm³/mol. The summed E-state index contributed by atoms with van der Waals surface area (Å²) in [6, 6.07) is 9.64. The van der Waals surface area contributed by atoms with Gasteiger partial charge in [0.2, 0.25) is 0 Å². The second-order valence-electron chi connectivity index (χ2n) is 3.56. The number of carbonyl (C=O) groups is 1. The van der Waals surface area contributed by atoms with Crippen molar-refractivity contribution in [1.82, 2.24) is 0 Å². The van der Waals surface area contributed by atoms with Crippen LogP contribution >= 0.6 is 0 Å². The summed E-state index contributed by atoms with van der Waals surface area (Å²) >= 11 is 0. The molecule has 0 radical (unpaired) electrons. The van der Waals surface area contributed by atoms with Crippen LogP contribution in [0.4, 0.5) is 0 Å². The molecule has 76 valence electrons. The fraction of sp³-hybridized carbons (Fsp3) is 0.364. The molecule has 0 aliphatic rings. The summed E-state index contributed by atoms with van der Waals surface area (Å²) in [5, 5.41) is 9.19. The topological polar surface area (TPSA) is 63.3 Å². The average molecular weight is 193 g/mol. The second-order valence-corrected chi connectivity index (χ2v) is 3.56. The first kappa shape index (κ1) is 10.9. The molecule has 1 unspecified atom stereocenters. The molecule has 14 heavy (non-hydrogen) atoms. The molecule has 0 aromatic heterocycles. The monoisotopic (exact) mass is 193 g/mol. The molecule has 3 nitrogen and oxygen atoms in total. The maximum absolute atomic E-state index is 11.3. The van der Waals surface area contributed by atoms with Crippen LogP contribution in [0.5, 0.6) is 0 Å². The van der Waals surface area contributed by atoms with Crippen LogP contribution in [0.1, 0.15) is 18.9 Å². The smallest absolute Gasteiger partial charge is 0.179 e. The molecular formula is C11H15NO2. The van der Waals surface area contributed by atoms with Crippen molar-refractivity contribution in [3.8, 4) is 0 Å². The lowest BCUT2D eigenvalue weighted by Gasteiger charge is -2.14. The number of hydrogen-bond acceptors (Lipinski definition) is 3. The van der Waals surface area contributed by atoms with E-state index in [4.69, 9.17) is 5.73 Å². The SMILES string of the molecule is CC(N)(O)C(=O)CCc1ccccc1. The van der Waals surface area contributed by atoms with Crippen molar-refractivity contribution in [2.24, 2.45) is 5.73 Å². The Labute approximate surface area is 83.6 Å². The third kappa shape index (κ3) is 3.28. The van der Waals surface area contributed by atoms with Crippen molar-refractivity contribution < 1.29 is 9.90 Å². The summed E-state index contributed by atoms with van der Waals surface area (Å²) in [6.07, 6.45) is 0.889. The average Bonchev–Trinajstić information content (AvgIpc) is 2.14. The molecule has 1 atom stereocenters. The first-order valence-electron chi connectivity index (χ1n) is 4.58. The lowest BCUT2D eigenvalue weighted by molar-refractivity contribution is -0.135. The number of ketones is 1. The van der Waals surface area contributed by atoms with E-state index >= 15 is 0 Å². The minimum atomic E-state index is -1.70. The molecule has 1 aromatic carbocycles. The van der Waals surface area contributed by atoms with E-state index < -0.39 is 5.72 Å². The molecule has 3 N–H and O–H groups in total. The number of Topliss-reactive ketones (excluding diaryl/α,β-unsaturated/α-hetero) is 1. The number of nitrogens with two attached hydrogens (primary N) is 1. The van der Waals surface area contributed by atoms with Crippen LogP contribution in [0.15, 0.2) is 30.3 Å². The quantitative estimate of drug-likeness (QED) is 0.697. The summed E-state index contributed by atoms with van der Waals surface area (Å²) in [6.45, 7) is 1.31. The molecule has 3 heteroatoms. The minimum Gasteiger partial charge on any atom is -0.369 e. The van der Waals surface area contributed by atoms with Crippen LogP contribution in [0.3, 0.4) is 0 Å². The summed E-state index contributed by atoms with van der Waals surface area (Å²) in [5.74, 6) is -0.332. The van der Waals surface area contributed by atoms with E-state index in [1.54, 1.807) is 0 Å². The van der Waals surface area contributed by atoms with Crippen molar-refractivity contribution in [3.63, 3.8) is 0 Å². The number of aliphatic hydroxyl groups is 1. The van der Waals surface area contributed by atoms with E-state index in [2.05, 4.69) is 0 Å². The maximum atomic E-state index is 11.3. The molecule has 0 fully saturated rings. The van der Waals surface area contributed by atoms with Gasteiger partial charge in [-0.05, 0) is 18.9 Å². The largest absolute Gasteiger partial charge is 0.369 e. The third-order valence-corrected chi connectivity index (χ3v) is 2.05. The van der Waals surface area contributed by atoms with Gasteiger partial charge in [-0.25, -0.2) is 0 Å².